The fourth-order valence-electron chi connectivity index (χ4n) is 1.86. The van der Waals surface area contributed by atoms with E-state index in [4.69, 9.17) is 4.74 Å². The number of fused-ring (bicyclic) bond motifs is 1. The molecule has 1 atom stereocenters. The monoisotopic (exact) mass is 225 g/mol. The first kappa shape index (κ1) is 11.3. The largest absolute Gasteiger partial charge is 0.443 e. The number of hydrogen-bond acceptors (Lipinski definition) is 4. The molecule has 0 spiro atoms. The summed E-state index contributed by atoms with van der Waals surface area (Å²) in [5.41, 5.74) is -0.435. The van der Waals surface area contributed by atoms with E-state index in [1.165, 1.54) is 0 Å². The minimum atomic E-state index is -0.435. The lowest BCUT2D eigenvalue weighted by molar-refractivity contribution is 0.0289. The van der Waals surface area contributed by atoms with E-state index in [-0.39, 0.29) is 6.09 Å². The second-order valence-electron chi connectivity index (χ2n) is 5.21. The van der Waals surface area contributed by atoms with Crippen LogP contribution < -0.4 is 5.32 Å². The first-order valence-electron chi connectivity index (χ1n) is 5.60. The molecular weight excluding hydrogens is 206 g/mol. The molecule has 0 bridgehead atoms. The maximum absolute atomic E-state index is 11.8. The molecule has 5 nitrogen and oxygen atoms in total. The van der Waals surface area contributed by atoms with Crippen LogP contribution in [0.4, 0.5) is 4.79 Å². The van der Waals surface area contributed by atoms with E-state index in [0.29, 0.717) is 12.6 Å². The Labute approximate surface area is 96.0 Å². The smallest absolute Gasteiger partial charge is 0.414 e. The van der Waals surface area contributed by atoms with Crippen molar-refractivity contribution >= 4 is 6.09 Å². The maximum atomic E-state index is 11.8. The van der Waals surface area contributed by atoms with Gasteiger partial charge in [0.15, 0.2) is 0 Å². The molecule has 0 aromatic heterocycles. The third kappa shape index (κ3) is 2.47. The quantitative estimate of drug-likeness (QED) is 0.666. The van der Waals surface area contributed by atoms with Gasteiger partial charge in [-0.2, -0.15) is 0 Å². The van der Waals surface area contributed by atoms with Gasteiger partial charge in [-0.05, 0) is 20.8 Å². The van der Waals surface area contributed by atoms with Gasteiger partial charge >= 0.3 is 6.09 Å². The summed E-state index contributed by atoms with van der Waals surface area (Å²) in [6.45, 7) is 8.11. The minimum Gasteiger partial charge on any atom is -0.443 e. The van der Waals surface area contributed by atoms with Crippen LogP contribution in [0.2, 0.25) is 0 Å². The van der Waals surface area contributed by atoms with Crippen molar-refractivity contribution in [2.24, 2.45) is 0 Å². The molecule has 0 aromatic carbocycles. The summed E-state index contributed by atoms with van der Waals surface area (Å²) in [5.74, 6) is 0. The van der Waals surface area contributed by atoms with Crippen molar-refractivity contribution in [3.63, 3.8) is 0 Å². The molecule has 90 valence electrons. The molecule has 1 fully saturated rings. The standard InChI is InChI=1S/C11H19N3O2/c1-11(2,3)16-10(15)13-4-5-14-8-12-6-9(14)7-13/h4-5,9,12H,6-8H2,1-3H3. The lowest BCUT2D eigenvalue weighted by atomic mass is 10.2. The average molecular weight is 225 g/mol. The van der Waals surface area contributed by atoms with Crippen LogP contribution in [0, 0.1) is 0 Å². The SMILES string of the molecule is CC(C)(C)OC(=O)N1C=CN2CNCC2C1. The van der Waals surface area contributed by atoms with Gasteiger partial charge in [-0.15, -0.1) is 0 Å². The van der Waals surface area contributed by atoms with Crippen molar-refractivity contribution in [3.8, 4) is 0 Å². The first-order valence-corrected chi connectivity index (χ1v) is 5.60. The maximum Gasteiger partial charge on any atom is 0.414 e. The van der Waals surface area contributed by atoms with Crippen LogP contribution >= 0.6 is 0 Å². The predicted molar refractivity (Wildman–Crippen MR) is 60.6 cm³/mol. The van der Waals surface area contributed by atoms with Gasteiger partial charge < -0.3 is 9.64 Å². The summed E-state index contributed by atoms with van der Waals surface area (Å²) in [4.78, 5) is 15.6. The zero-order valence-corrected chi connectivity index (χ0v) is 10.1. The van der Waals surface area contributed by atoms with Gasteiger partial charge in [0, 0.05) is 18.9 Å². The molecule has 0 aliphatic carbocycles. The number of carbonyl (C=O) groups excluding carboxylic acids is 1. The fraction of sp³-hybridized carbons (Fsp3) is 0.727. The van der Waals surface area contributed by atoms with E-state index in [9.17, 15) is 4.79 Å². The highest BCUT2D eigenvalue weighted by molar-refractivity contribution is 5.69. The van der Waals surface area contributed by atoms with Gasteiger partial charge in [-0.1, -0.05) is 0 Å². The van der Waals surface area contributed by atoms with Gasteiger partial charge in [-0.3, -0.25) is 10.2 Å². The normalized spacial score (nSPS) is 24.6. The van der Waals surface area contributed by atoms with Crippen LogP contribution in [-0.4, -0.2) is 47.3 Å². The molecule has 2 aliphatic rings. The number of nitrogens with one attached hydrogen (secondary N) is 1. The van der Waals surface area contributed by atoms with Gasteiger partial charge in [-0.25, -0.2) is 4.79 Å². The molecule has 0 aromatic rings. The molecule has 5 heteroatoms. The zero-order chi connectivity index (χ0) is 11.8. The van der Waals surface area contributed by atoms with Crippen molar-refractivity contribution < 1.29 is 9.53 Å². The van der Waals surface area contributed by atoms with Crippen LogP contribution in [0.25, 0.3) is 0 Å². The van der Waals surface area contributed by atoms with Gasteiger partial charge in [0.25, 0.3) is 0 Å². The Morgan fingerprint density at radius 3 is 2.88 bits per heavy atom. The molecule has 1 N–H and O–H groups in total. The lowest BCUT2D eigenvalue weighted by Gasteiger charge is -2.33. The number of amides is 1. The zero-order valence-electron chi connectivity index (χ0n) is 10.1. The molecule has 2 heterocycles. The predicted octanol–water partition coefficient (Wildman–Crippen LogP) is 0.940. The summed E-state index contributed by atoms with van der Waals surface area (Å²) >= 11 is 0. The molecule has 1 amide bonds. The number of hydrogen-bond donors (Lipinski definition) is 1. The molecule has 0 radical (unpaired) electrons. The van der Waals surface area contributed by atoms with E-state index in [2.05, 4.69) is 10.2 Å². The number of rotatable bonds is 0. The van der Waals surface area contributed by atoms with Crippen molar-refractivity contribution in [2.75, 3.05) is 19.8 Å². The van der Waals surface area contributed by atoms with Crippen molar-refractivity contribution in [3.05, 3.63) is 12.4 Å². The summed E-state index contributed by atoms with van der Waals surface area (Å²) in [5, 5.41) is 3.27. The number of ether oxygens (including phenoxy) is 1. The van der Waals surface area contributed by atoms with E-state index >= 15 is 0 Å². The van der Waals surface area contributed by atoms with Crippen LogP contribution in [0.1, 0.15) is 20.8 Å². The fourth-order valence-corrected chi connectivity index (χ4v) is 1.86. The Kier molecular flexibility index (Phi) is 2.80. The third-order valence-corrected chi connectivity index (χ3v) is 2.62. The highest BCUT2D eigenvalue weighted by Crippen LogP contribution is 2.16. The average Bonchev–Trinajstić information content (AvgIpc) is 2.61. The Hall–Kier alpha value is -1.23. The summed E-state index contributed by atoms with van der Waals surface area (Å²) < 4.78 is 5.32. The Balaban J connectivity index is 1.96. The van der Waals surface area contributed by atoms with Crippen LogP contribution in [0.5, 0.6) is 0 Å². The third-order valence-electron chi connectivity index (χ3n) is 2.62. The number of carbonyl (C=O) groups is 1. The van der Waals surface area contributed by atoms with Gasteiger partial charge in [0.1, 0.15) is 5.60 Å². The number of nitrogens with zero attached hydrogens (tertiary/aromatic N) is 2. The molecule has 2 aliphatic heterocycles. The second-order valence-corrected chi connectivity index (χ2v) is 5.21. The lowest BCUT2D eigenvalue weighted by Crippen LogP contribution is -2.45. The molecule has 16 heavy (non-hydrogen) atoms. The van der Waals surface area contributed by atoms with E-state index in [1.807, 2.05) is 27.0 Å². The summed E-state index contributed by atoms with van der Waals surface area (Å²) in [7, 11) is 0. The van der Waals surface area contributed by atoms with Crippen LogP contribution in [0.15, 0.2) is 12.4 Å². The Morgan fingerprint density at radius 2 is 2.19 bits per heavy atom. The van der Waals surface area contributed by atoms with Gasteiger partial charge in [0.2, 0.25) is 0 Å². The molecule has 2 rings (SSSR count). The minimum absolute atomic E-state index is 0.268. The van der Waals surface area contributed by atoms with Crippen molar-refractivity contribution in [2.45, 2.75) is 32.4 Å². The van der Waals surface area contributed by atoms with Crippen molar-refractivity contribution in [1.29, 1.82) is 0 Å². The summed E-state index contributed by atoms with van der Waals surface area (Å²) in [6, 6.07) is 0.373. The molecule has 1 saturated heterocycles. The molecule has 1 unspecified atom stereocenters. The van der Waals surface area contributed by atoms with Gasteiger partial charge in [0.05, 0.1) is 19.3 Å². The van der Waals surface area contributed by atoms with Crippen molar-refractivity contribution in [1.82, 2.24) is 15.1 Å². The first-order chi connectivity index (χ1) is 7.46. The molecular formula is C11H19N3O2. The highest BCUT2D eigenvalue weighted by atomic mass is 16.6. The Morgan fingerprint density at radius 1 is 1.44 bits per heavy atom. The highest BCUT2D eigenvalue weighted by Gasteiger charge is 2.30. The topological polar surface area (TPSA) is 44.8 Å². The molecule has 0 saturated carbocycles. The van der Waals surface area contributed by atoms with E-state index in [1.54, 1.807) is 11.1 Å². The van der Waals surface area contributed by atoms with E-state index in [0.717, 1.165) is 13.2 Å². The van der Waals surface area contributed by atoms with E-state index < -0.39 is 5.60 Å². The second kappa shape index (κ2) is 3.97. The van der Waals surface area contributed by atoms with Crippen LogP contribution in [0.3, 0.4) is 0 Å². The summed E-state index contributed by atoms with van der Waals surface area (Å²) in [6.07, 6.45) is 3.46. The van der Waals surface area contributed by atoms with Crippen LogP contribution in [-0.2, 0) is 4.74 Å². The Bertz CT molecular complexity index is 309.